The van der Waals surface area contributed by atoms with Crippen molar-refractivity contribution in [2.75, 3.05) is 11.9 Å². The van der Waals surface area contributed by atoms with E-state index in [0.717, 1.165) is 34.6 Å². The van der Waals surface area contributed by atoms with Gasteiger partial charge in [-0.3, -0.25) is 0 Å². The number of nitrogens with zero attached hydrogens (tertiary/aromatic N) is 2. The number of nitrogens with one attached hydrogen (secondary N) is 1. The van der Waals surface area contributed by atoms with Gasteiger partial charge in [0.25, 0.3) is 0 Å². The number of fused-ring (bicyclic) bond motifs is 1. The van der Waals surface area contributed by atoms with Crippen molar-refractivity contribution < 1.29 is 4.42 Å². The fourth-order valence-electron chi connectivity index (χ4n) is 2.30. The molecule has 3 rings (SSSR count). The number of hydrogen-bond donors (Lipinski definition) is 1. The second kappa shape index (κ2) is 5.56. The van der Waals surface area contributed by atoms with Gasteiger partial charge < -0.3 is 9.73 Å². The maximum atomic E-state index is 5.60. The van der Waals surface area contributed by atoms with Gasteiger partial charge in [0, 0.05) is 23.7 Å². The Morgan fingerprint density at radius 1 is 1.19 bits per heavy atom. The van der Waals surface area contributed by atoms with E-state index in [-0.39, 0.29) is 0 Å². The molecule has 0 aliphatic heterocycles. The predicted molar refractivity (Wildman–Crippen MR) is 85.5 cm³/mol. The summed E-state index contributed by atoms with van der Waals surface area (Å²) in [6.45, 7) is 7.16. The molecule has 108 valence electrons. The smallest absolute Gasteiger partial charge is 0.165 e. The SMILES string of the molecule is CCNc1cc(C(C)C)nc(-c2coc3ccccc23)n1. The minimum absolute atomic E-state index is 0.349. The van der Waals surface area contributed by atoms with E-state index >= 15 is 0 Å². The first-order valence-electron chi connectivity index (χ1n) is 7.28. The normalized spacial score (nSPS) is 11.2. The second-order valence-corrected chi connectivity index (χ2v) is 5.33. The van der Waals surface area contributed by atoms with Gasteiger partial charge in [-0.2, -0.15) is 0 Å². The van der Waals surface area contributed by atoms with Crippen LogP contribution in [0.15, 0.2) is 41.0 Å². The molecule has 0 fully saturated rings. The van der Waals surface area contributed by atoms with Gasteiger partial charge in [0.2, 0.25) is 0 Å². The van der Waals surface area contributed by atoms with E-state index in [0.29, 0.717) is 11.7 Å². The zero-order valence-corrected chi connectivity index (χ0v) is 12.6. The second-order valence-electron chi connectivity index (χ2n) is 5.33. The summed E-state index contributed by atoms with van der Waals surface area (Å²) in [4.78, 5) is 9.31. The van der Waals surface area contributed by atoms with Crippen molar-refractivity contribution >= 4 is 16.8 Å². The molecule has 21 heavy (non-hydrogen) atoms. The summed E-state index contributed by atoms with van der Waals surface area (Å²) >= 11 is 0. The molecule has 0 saturated heterocycles. The first-order chi connectivity index (χ1) is 10.2. The van der Waals surface area contributed by atoms with Gasteiger partial charge in [0.15, 0.2) is 5.82 Å². The highest BCUT2D eigenvalue weighted by Gasteiger charge is 2.13. The lowest BCUT2D eigenvalue weighted by Gasteiger charge is -2.10. The summed E-state index contributed by atoms with van der Waals surface area (Å²) in [5, 5.41) is 4.31. The Bertz CT molecular complexity index is 762. The topological polar surface area (TPSA) is 51.0 Å². The van der Waals surface area contributed by atoms with Crippen LogP contribution in [0.5, 0.6) is 0 Å². The lowest BCUT2D eigenvalue weighted by molar-refractivity contribution is 0.616. The molecule has 1 N–H and O–H groups in total. The van der Waals surface area contributed by atoms with Gasteiger partial charge in [-0.1, -0.05) is 32.0 Å². The van der Waals surface area contributed by atoms with E-state index < -0.39 is 0 Å². The van der Waals surface area contributed by atoms with Gasteiger partial charge in [-0.15, -0.1) is 0 Å². The monoisotopic (exact) mass is 281 g/mol. The van der Waals surface area contributed by atoms with Gasteiger partial charge in [0.1, 0.15) is 17.7 Å². The molecule has 0 bridgehead atoms. The van der Waals surface area contributed by atoms with Crippen molar-refractivity contribution in [3.05, 3.63) is 42.3 Å². The van der Waals surface area contributed by atoms with E-state index in [9.17, 15) is 0 Å². The number of anilines is 1. The fourth-order valence-corrected chi connectivity index (χ4v) is 2.30. The van der Waals surface area contributed by atoms with Gasteiger partial charge >= 0.3 is 0 Å². The molecule has 2 heterocycles. The van der Waals surface area contributed by atoms with Crippen LogP contribution in [-0.4, -0.2) is 16.5 Å². The molecular weight excluding hydrogens is 262 g/mol. The molecule has 1 aromatic carbocycles. The summed E-state index contributed by atoms with van der Waals surface area (Å²) < 4.78 is 5.60. The van der Waals surface area contributed by atoms with Crippen molar-refractivity contribution in [3.8, 4) is 11.4 Å². The van der Waals surface area contributed by atoms with E-state index in [4.69, 9.17) is 9.40 Å². The summed E-state index contributed by atoms with van der Waals surface area (Å²) in [6, 6.07) is 9.96. The van der Waals surface area contributed by atoms with Crippen LogP contribution in [0.3, 0.4) is 0 Å². The van der Waals surface area contributed by atoms with E-state index in [2.05, 4.69) is 31.1 Å². The van der Waals surface area contributed by atoms with Crippen molar-refractivity contribution in [1.82, 2.24) is 9.97 Å². The standard InChI is InChI=1S/C17H19N3O/c1-4-18-16-9-14(11(2)3)19-17(20-16)13-10-21-15-8-6-5-7-12(13)15/h5-11H,4H2,1-3H3,(H,18,19,20). The van der Waals surface area contributed by atoms with Gasteiger partial charge in [0.05, 0.1) is 5.56 Å². The third-order valence-electron chi connectivity index (χ3n) is 3.42. The maximum absolute atomic E-state index is 5.60. The minimum Gasteiger partial charge on any atom is -0.464 e. The minimum atomic E-state index is 0.349. The molecular formula is C17H19N3O. The number of rotatable bonds is 4. The summed E-state index contributed by atoms with van der Waals surface area (Å²) in [5.41, 5.74) is 2.82. The van der Waals surface area contributed by atoms with Crippen molar-refractivity contribution in [2.45, 2.75) is 26.7 Å². The molecule has 2 aromatic heterocycles. The predicted octanol–water partition coefficient (Wildman–Crippen LogP) is 4.45. The third-order valence-corrected chi connectivity index (χ3v) is 3.42. The summed E-state index contributed by atoms with van der Waals surface area (Å²) in [7, 11) is 0. The van der Waals surface area contributed by atoms with E-state index in [1.807, 2.05) is 30.3 Å². The van der Waals surface area contributed by atoms with Crippen LogP contribution in [-0.2, 0) is 0 Å². The quantitative estimate of drug-likeness (QED) is 0.767. The Labute approximate surface area is 124 Å². The van der Waals surface area contributed by atoms with E-state index in [1.54, 1.807) is 6.26 Å². The van der Waals surface area contributed by atoms with Crippen molar-refractivity contribution in [1.29, 1.82) is 0 Å². The van der Waals surface area contributed by atoms with Crippen LogP contribution in [0.25, 0.3) is 22.4 Å². The van der Waals surface area contributed by atoms with Crippen LogP contribution in [0.2, 0.25) is 0 Å². The molecule has 0 spiro atoms. The van der Waals surface area contributed by atoms with Gasteiger partial charge in [-0.05, 0) is 18.9 Å². The Balaban J connectivity index is 2.16. The molecule has 0 aliphatic rings. The molecule has 4 heteroatoms. The van der Waals surface area contributed by atoms with E-state index in [1.165, 1.54) is 0 Å². The Morgan fingerprint density at radius 2 is 2.00 bits per heavy atom. The number of furan rings is 1. The molecule has 0 unspecified atom stereocenters. The number of benzene rings is 1. The summed E-state index contributed by atoms with van der Waals surface area (Å²) in [5.74, 6) is 1.92. The zero-order valence-electron chi connectivity index (χ0n) is 12.6. The lowest BCUT2D eigenvalue weighted by atomic mass is 10.1. The molecule has 0 aliphatic carbocycles. The zero-order chi connectivity index (χ0) is 14.8. The Kier molecular flexibility index (Phi) is 3.60. The fraction of sp³-hybridized carbons (Fsp3) is 0.294. The Hall–Kier alpha value is -2.36. The highest BCUT2D eigenvalue weighted by Crippen LogP contribution is 2.30. The largest absolute Gasteiger partial charge is 0.464 e. The van der Waals surface area contributed by atoms with Crippen molar-refractivity contribution in [3.63, 3.8) is 0 Å². The van der Waals surface area contributed by atoms with Gasteiger partial charge in [-0.25, -0.2) is 9.97 Å². The van der Waals surface area contributed by atoms with Crippen LogP contribution in [0.1, 0.15) is 32.4 Å². The highest BCUT2D eigenvalue weighted by atomic mass is 16.3. The molecule has 0 amide bonds. The number of hydrogen-bond acceptors (Lipinski definition) is 4. The van der Waals surface area contributed by atoms with Crippen LogP contribution >= 0.6 is 0 Å². The third kappa shape index (κ3) is 2.61. The molecule has 0 saturated carbocycles. The highest BCUT2D eigenvalue weighted by molar-refractivity contribution is 5.92. The molecule has 0 radical (unpaired) electrons. The van der Waals surface area contributed by atoms with Crippen LogP contribution in [0.4, 0.5) is 5.82 Å². The summed E-state index contributed by atoms with van der Waals surface area (Å²) in [6.07, 6.45) is 1.74. The number of para-hydroxylation sites is 1. The Morgan fingerprint density at radius 3 is 2.76 bits per heavy atom. The molecule has 4 nitrogen and oxygen atoms in total. The number of aromatic nitrogens is 2. The first kappa shape index (κ1) is 13.6. The average Bonchev–Trinajstić information content (AvgIpc) is 2.91. The lowest BCUT2D eigenvalue weighted by Crippen LogP contribution is -2.04. The maximum Gasteiger partial charge on any atom is 0.165 e. The van der Waals surface area contributed by atoms with Crippen molar-refractivity contribution in [2.24, 2.45) is 0 Å². The molecule has 0 atom stereocenters. The van der Waals surface area contributed by atoms with Crippen LogP contribution in [0, 0.1) is 0 Å². The van der Waals surface area contributed by atoms with Crippen LogP contribution < -0.4 is 5.32 Å². The molecule has 3 aromatic rings. The average molecular weight is 281 g/mol. The first-order valence-corrected chi connectivity index (χ1v) is 7.28.